The van der Waals surface area contributed by atoms with Crippen molar-refractivity contribution in [3.05, 3.63) is 28.5 Å². The molecule has 0 saturated heterocycles. The summed E-state index contributed by atoms with van der Waals surface area (Å²) in [6.07, 6.45) is 0. The highest BCUT2D eigenvalue weighted by molar-refractivity contribution is 9.10. The number of sulfonamides is 1. The van der Waals surface area contributed by atoms with Crippen molar-refractivity contribution in [2.45, 2.75) is 11.8 Å². The summed E-state index contributed by atoms with van der Waals surface area (Å²) < 4.78 is 38.0. The molecule has 1 aromatic rings. The SMILES string of the molecule is CCN(CC(=O)O)S(=O)(=O)c1ccc(F)cc1Br. The molecule has 0 unspecified atom stereocenters. The molecule has 0 heterocycles. The number of halogens is 2. The van der Waals surface area contributed by atoms with Gasteiger partial charge in [-0.2, -0.15) is 4.31 Å². The van der Waals surface area contributed by atoms with Gasteiger partial charge in [-0.25, -0.2) is 12.8 Å². The maximum atomic E-state index is 12.9. The van der Waals surface area contributed by atoms with Crippen molar-refractivity contribution >= 4 is 31.9 Å². The molecule has 18 heavy (non-hydrogen) atoms. The molecule has 0 aliphatic rings. The van der Waals surface area contributed by atoms with Crippen LogP contribution in [0, 0.1) is 5.82 Å². The third-order valence-electron chi connectivity index (χ3n) is 2.18. The minimum absolute atomic E-state index is 0.0124. The van der Waals surface area contributed by atoms with Gasteiger partial charge in [-0.3, -0.25) is 4.79 Å². The molecule has 100 valence electrons. The number of nitrogens with zero attached hydrogens (tertiary/aromatic N) is 1. The number of carbonyl (C=O) groups is 1. The van der Waals surface area contributed by atoms with E-state index < -0.39 is 28.4 Å². The second-order valence-electron chi connectivity index (χ2n) is 3.40. The number of hydrogen-bond acceptors (Lipinski definition) is 3. The second kappa shape index (κ2) is 5.77. The summed E-state index contributed by atoms with van der Waals surface area (Å²) in [5.41, 5.74) is 0. The molecule has 0 atom stereocenters. The molecule has 0 spiro atoms. The van der Waals surface area contributed by atoms with Crippen molar-refractivity contribution in [1.29, 1.82) is 0 Å². The average Bonchev–Trinajstić information content (AvgIpc) is 2.24. The van der Waals surface area contributed by atoms with Gasteiger partial charge in [0.2, 0.25) is 10.0 Å². The Bertz CT molecular complexity index is 561. The monoisotopic (exact) mass is 339 g/mol. The molecule has 0 radical (unpaired) electrons. The lowest BCUT2D eigenvalue weighted by atomic mass is 10.3. The summed E-state index contributed by atoms with van der Waals surface area (Å²) in [6.45, 7) is 0.902. The van der Waals surface area contributed by atoms with Crippen molar-refractivity contribution in [2.75, 3.05) is 13.1 Å². The second-order valence-corrected chi connectivity index (χ2v) is 6.16. The van der Waals surface area contributed by atoms with Gasteiger partial charge in [0.1, 0.15) is 12.4 Å². The lowest BCUT2D eigenvalue weighted by molar-refractivity contribution is -0.137. The normalized spacial score (nSPS) is 11.8. The Morgan fingerprint density at radius 3 is 2.56 bits per heavy atom. The number of aliphatic carboxylic acids is 1. The molecule has 0 amide bonds. The van der Waals surface area contributed by atoms with Gasteiger partial charge in [0.05, 0.1) is 4.90 Å². The van der Waals surface area contributed by atoms with Crippen LogP contribution in [0.4, 0.5) is 4.39 Å². The number of hydrogen-bond donors (Lipinski definition) is 1. The van der Waals surface area contributed by atoms with Gasteiger partial charge in [0, 0.05) is 11.0 Å². The fourth-order valence-electron chi connectivity index (χ4n) is 1.34. The van der Waals surface area contributed by atoms with E-state index in [4.69, 9.17) is 5.11 Å². The van der Waals surface area contributed by atoms with Crippen molar-refractivity contribution in [3.63, 3.8) is 0 Å². The third kappa shape index (κ3) is 3.27. The van der Waals surface area contributed by atoms with E-state index in [-0.39, 0.29) is 15.9 Å². The first-order valence-electron chi connectivity index (χ1n) is 4.96. The van der Waals surface area contributed by atoms with Gasteiger partial charge in [-0.15, -0.1) is 0 Å². The molecule has 0 bridgehead atoms. The lowest BCUT2D eigenvalue weighted by Gasteiger charge is -2.19. The summed E-state index contributed by atoms with van der Waals surface area (Å²) in [5, 5.41) is 8.66. The average molecular weight is 340 g/mol. The highest BCUT2D eigenvalue weighted by atomic mass is 79.9. The van der Waals surface area contributed by atoms with Crippen LogP contribution in [0.2, 0.25) is 0 Å². The number of benzene rings is 1. The first-order chi connectivity index (χ1) is 8.28. The number of carboxylic acid groups (broad SMARTS) is 1. The van der Waals surface area contributed by atoms with Crippen LogP contribution in [0.25, 0.3) is 0 Å². The van der Waals surface area contributed by atoms with E-state index in [1.54, 1.807) is 0 Å². The first-order valence-corrected chi connectivity index (χ1v) is 7.19. The van der Waals surface area contributed by atoms with E-state index in [1.807, 2.05) is 0 Å². The summed E-state index contributed by atoms with van der Waals surface area (Å²) in [7, 11) is -3.95. The number of carboxylic acids is 1. The molecule has 5 nitrogen and oxygen atoms in total. The van der Waals surface area contributed by atoms with Crippen molar-refractivity contribution in [2.24, 2.45) is 0 Å². The van der Waals surface area contributed by atoms with E-state index in [2.05, 4.69) is 15.9 Å². The Morgan fingerprint density at radius 2 is 2.11 bits per heavy atom. The molecule has 0 aliphatic heterocycles. The van der Waals surface area contributed by atoms with Gasteiger partial charge >= 0.3 is 5.97 Å². The van der Waals surface area contributed by atoms with Crippen LogP contribution in [0.5, 0.6) is 0 Å². The molecule has 8 heteroatoms. The molecule has 1 N–H and O–H groups in total. The van der Waals surface area contributed by atoms with Crippen LogP contribution in [0.3, 0.4) is 0 Å². The predicted octanol–water partition coefficient (Wildman–Crippen LogP) is 1.68. The van der Waals surface area contributed by atoms with Gasteiger partial charge in [-0.1, -0.05) is 6.92 Å². The molecular formula is C10H11BrFNO4S. The van der Waals surface area contributed by atoms with Crippen molar-refractivity contribution < 1.29 is 22.7 Å². The summed E-state index contributed by atoms with van der Waals surface area (Å²) >= 11 is 2.95. The molecule has 1 aromatic carbocycles. The molecular weight excluding hydrogens is 329 g/mol. The van der Waals surface area contributed by atoms with Crippen LogP contribution >= 0.6 is 15.9 Å². The number of rotatable bonds is 5. The van der Waals surface area contributed by atoms with Crippen molar-refractivity contribution in [3.8, 4) is 0 Å². The largest absolute Gasteiger partial charge is 0.480 e. The highest BCUT2D eigenvalue weighted by Crippen LogP contribution is 2.25. The Kier molecular flexibility index (Phi) is 4.83. The third-order valence-corrected chi connectivity index (χ3v) is 5.07. The Morgan fingerprint density at radius 1 is 1.50 bits per heavy atom. The fraction of sp³-hybridized carbons (Fsp3) is 0.300. The Balaban J connectivity index is 3.23. The number of likely N-dealkylation sites (N-methyl/N-ethyl adjacent to an activating group) is 1. The first kappa shape index (κ1) is 15.1. The zero-order valence-electron chi connectivity index (χ0n) is 9.43. The molecule has 1 rings (SSSR count). The minimum atomic E-state index is -3.95. The van der Waals surface area contributed by atoms with Gasteiger partial charge in [0.15, 0.2) is 0 Å². The van der Waals surface area contributed by atoms with Crippen LogP contribution in [-0.4, -0.2) is 36.9 Å². The zero-order chi connectivity index (χ0) is 13.9. The molecule has 0 aromatic heterocycles. The van der Waals surface area contributed by atoms with Crippen LogP contribution in [0.15, 0.2) is 27.6 Å². The van der Waals surface area contributed by atoms with Gasteiger partial charge < -0.3 is 5.11 Å². The maximum absolute atomic E-state index is 12.9. The Labute approximate surface area is 112 Å². The Hall–Kier alpha value is -0.990. The fourth-order valence-corrected chi connectivity index (χ4v) is 3.75. The zero-order valence-corrected chi connectivity index (χ0v) is 11.8. The maximum Gasteiger partial charge on any atom is 0.318 e. The molecule has 0 fully saturated rings. The lowest BCUT2D eigenvalue weighted by Crippen LogP contribution is -2.35. The van der Waals surface area contributed by atoms with E-state index in [1.165, 1.54) is 6.92 Å². The van der Waals surface area contributed by atoms with Crippen LogP contribution in [-0.2, 0) is 14.8 Å². The van der Waals surface area contributed by atoms with E-state index >= 15 is 0 Å². The summed E-state index contributed by atoms with van der Waals surface area (Å²) in [4.78, 5) is 10.4. The van der Waals surface area contributed by atoms with Gasteiger partial charge in [-0.05, 0) is 34.1 Å². The topological polar surface area (TPSA) is 74.7 Å². The van der Waals surface area contributed by atoms with Gasteiger partial charge in [0.25, 0.3) is 0 Å². The van der Waals surface area contributed by atoms with Crippen molar-refractivity contribution in [1.82, 2.24) is 4.31 Å². The van der Waals surface area contributed by atoms with Crippen LogP contribution < -0.4 is 0 Å². The standard InChI is InChI=1S/C10H11BrFNO4S/c1-2-13(6-10(14)15)18(16,17)9-4-3-7(12)5-8(9)11/h3-5H,2,6H2,1H3,(H,14,15). The van der Waals surface area contributed by atoms with E-state index in [9.17, 15) is 17.6 Å². The van der Waals surface area contributed by atoms with E-state index in [0.29, 0.717) is 0 Å². The highest BCUT2D eigenvalue weighted by Gasteiger charge is 2.27. The molecule has 0 aliphatic carbocycles. The molecule has 0 saturated carbocycles. The van der Waals surface area contributed by atoms with E-state index in [0.717, 1.165) is 22.5 Å². The minimum Gasteiger partial charge on any atom is -0.480 e. The quantitative estimate of drug-likeness (QED) is 0.885. The summed E-state index contributed by atoms with van der Waals surface area (Å²) in [6, 6.07) is 3.12. The van der Waals surface area contributed by atoms with Crippen LogP contribution in [0.1, 0.15) is 6.92 Å². The smallest absolute Gasteiger partial charge is 0.318 e. The summed E-state index contributed by atoms with van der Waals surface area (Å²) in [5.74, 6) is -1.83. The predicted molar refractivity (Wildman–Crippen MR) is 66.2 cm³/mol.